The Morgan fingerprint density at radius 3 is 1.62 bits per heavy atom. The molecule has 190 valence electrons. The molecule has 0 amide bonds. The molecule has 0 aliphatic carbocycles. The fourth-order valence-corrected chi connectivity index (χ4v) is 4.36. The van der Waals surface area contributed by atoms with Gasteiger partial charge in [0, 0.05) is 0 Å². The van der Waals surface area contributed by atoms with Gasteiger partial charge in [-0.1, -0.05) is 97.9 Å². The predicted octanol–water partition coefficient (Wildman–Crippen LogP) is 7.60. The SMILES string of the molecule is CCCOC(=O)c1cc(OCc2ccccc2)c(OCc2ccccc2)c(OCc2ccccc2)c1I. The van der Waals surface area contributed by atoms with Gasteiger partial charge in [-0.05, 0) is 51.8 Å². The van der Waals surface area contributed by atoms with E-state index >= 15 is 0 Å². The topological polar surface area (TPSA) is 54.0 Å². The Kier molecular flexibility index (Phi) is 9.82. The first-order chi connectivity index (χ1) is 18.2. The Morgan fingerprint density at radius 2 is 1.14 bits per heavy atom. The maximum absolute atomic E-state index is 13.0. The molecule has 0 aromatic heterocycles. The minimum absolute atomic E-state index is 0.310. The Balaban J connectivity index is 1.73. The maximum atomic E-state index is 13.0. The number of hydrogen-bond donors (Lipinski definition) is 0. The molecule has 0 saturated heterocycles. The van der Waals surface area contributed by atoms with Gasteiger partial charge in [0.2, 0.25) is 5.75 Å². The molecule has 0 aliphatic heterocycles. The molecule has 0 heterocycles. The van der Waals surface area contributed by atoms with E-state index < -0.39 is 5.97 Å². The summed E-state index contributed by atoms with van der Waals surface area (Å²) in [5.41, 5.74) is 3.38. The van der Waals surface area contributed by atoms with Gasteiger partial charge in [-0.2, -0.15) is 0 Å². The molecule has 37 heavy (non-hydrogen) atoms. The molecule has 5 nitrogen and oxygen atoms in total. The van der Waals surface area contributed by atoms with Crippen molar-refractivity contribution in [3.63, 3.8) is 0 Å². The zero-order valence-corrected chi connectivity index (χ0v) is 22.8. The third kappa shape index (κ3) is 7.49. The van der Waals surface area contributed by atoms with Crippen LogP contribution in [0.4, 0.5) is 0 Å². The predicted molar refractivity (Wildman–Crippen MR) is 152 cm³/mol. The van der Waals surface area contributed by atoms with E-state index in [2.05, 4.69) is 22.6 Å². The van der Waals surface area contributed by atoms with Gasteiger partial charge >= 0.3 is 5.97 Å². The lowest BCUT2D eigenvalue weighted by Crippen LogP contribution is -2.12. The average molecular weight is 608 g/mol. The fourth-order valence-electron chi connectivity index (χ4n) is 3.58. The molecule has 0 radical (unpaired) electrons. The van der Waals surface area contributed by atoms with Crippen molar-refractivity contribution >= 4 is 28.6 Å². The van der Waals surface area contributed by atoms with Crippen molar-refractivity contribution < 1.29 is 23.7 Å². The summed E-state index contributed by atoms with van der Waals surface area (Å²) in [5, 5.41) is 0. The second-order valence-electron chi connectivity index (χ2n) is 8.35. The van der Waals surface area contributed by atoms with Gasteiger partial charge < -0.3 is 18.9 Å². The van der Waals surface area contributed by atoms with E-state index in [0.717, 1.165) is 23.1 Å². The highest BCUT2D eigenvalue weighted by Gasteiger charge is 2.25. The van der Waals surface area contributed by atoms with Crippen molar-refractivity contribution in [1.82, 2.24) is 0 Å². The first-order valence-corrected chi connectivity index (χ1v) is 13.3. The Morgan fingerprint density at radius 1 is 0.676 bits per heavy atom. The Labute approximate surface area is 231 Å². The molecule has 0 N–H and O–H groups in total. The van der Waals surface area contributed by atoms with Crippen molar-refractivity contribution in [3.8, 4) is 17.2 Å². The zero-order valence-electron chi connectivity index (χ0n) is 20.7. The highest BCUT2D eigenvalue weighted by Crippen LogP contribution is 2.44. The van der Waals surface area contributed by atoms with Crippen LogP contribution in [0.2, 0.25) is 0 Å². The van der Waals surface area contributed by atoms with E-state index in [1.165, 1.54) is 0 Å². The average Bonchev–Trinajstić information content (AvgIpc) is 2.95. The van der Waals surface area contributed by atoms with E-state index in [1.54, 1.807) is 6.07 Å². The highest BCUT2D eigenvalue weighted by atomic mass is 127. The first kappa shape index (κ1) is 26.5. The van der Waals surface area contributed by atoms with Gasteiger partial charge in [0.15, 0.2) is 11.5 Å². The van der Waals surface area contributed by atoms with Crippen molar-refractivity contribution in [2.75, 3.05) is 6.61 Å². The summed E-state index contributed by atoms with van der Waals surface area (Å²) in [6.07, 6.45) is 0.731. The normalized spacial score (nSPS) is 10.5. The van der Waals surface area contributed by atoms with Gasteiger partial charge in [-0.25, -0.2) is 4.79 Å². The molecular formula is C31H29IO5. The molecule has 4 rings (SSSR count). The molecule has 0 aliphatic rings. The van der Waals surface area contributed by atoms with Crippen LogP contribution in [0.3, 0.4) is 0 Å². The van der Waals surface area contributed by atoms with Crippen LogP contribution in [0, 0.1) is 3.57 Å². The van der Waals surface area contributed by atoms with Crippen molar-refractivity contribution in [2.45, 2.75) is 33.2 Å². The number of carbonyl (C=O) groups excluding carboxylic acids is 1. The number of benzene rings is 4. The van der Waals surface area contributed by atoms with E-state index in [0.29, 0.717) is 52.8 Å². The summed E-state index contributed by atoms with van der Waals surface area (Å²) in [6, 6.07) is 31.3. The molecule has 4 aromatic carbocycles. The van der Waals surface area contributed by atoms with Crippen molar-refractivity contribution in [3.05, 3.63) is 123 Å². The summed E-state index contributed by atoms with van der Waals surface area (Å²) < 4.78 is 25.0. The molecular weight excluding hydrogens is 579 g/mol. The zero-order chi connectivity index (χ0) is 25.9. The number of hydrogen-bond acceptors (Lipinski definition) is 5. The Bertz CT molecular complexity index is 1280. The van der Waals surface area contributed by atoms with E-state index in [9.17, 15) is 4.79 Å². The van der Waals surface area contributed by atoms with Crippen molar-refractivity contribution in [2.24, 2.45) is 0 Å². The number of ether oxygens (including phenoxy) is 4. The van der Waals surface area contributed by atoms with Crippen LogP contribution in [0.1, 0.15) is 40.4 Å². The maximum Gasteiger partial charge on any atom is 0.339 e. The summed E-state index contributed by atoms with van der Waals surface area (Å²) in [5.74, 6) is 0.906. The van der Waals surface area contributed by atoms with Gasteiger partial charge in [-0.15, -0.1) is 0 Å². The van der Waals surface area contributed by atoms with Crippen LogP contribution in [0.15, 0.2) is 97.1 Å². The lowest BCUT2D eigenvalue weighted by Gasteiger charge is -2.20. The third-order valence-electron chi connectivity index (χ3n) is 5.49. The molecule has 0 bridgehead atoms. The quantitative estimate of drug-likeness (QED) is 0.123. The van der Waals surface area contributed by atoms with E-state index in [4.69, 9.17) is 18.9 Å². The third-order valence-corrected chi connectivity index (χ3v) is 6.56. The summed E-state index contributed by atoms with van der Waals surface area (Å²) in [7, 11) is 0. The summed E-state index contributed by atoms with van der Waals surface area (Å²) in [4.78, 5) is 13.0. The summed E-state index contributed by atoms with van der Waals surface area (Å²) >= 11 is 2.13. The second-order valence-corrected chi connectivity index (χ2v) is 9.43. The number of rotatable bonds is 12. The van der Waals surface area contributed by atoms with E-state index in [1.807, 2.05) is 97.9 Å². The minimum atomic E-state index is -0.421. The van der Waals surface area contributed by atoms with Crippen molar-refractivity contribution in [1.29, 1.82) is 0 Å². The lowest BCUT2D eigenvalue weighted by molar-refractivity contribution is 0.0502. The molecule has 0 fully saturated rings. The smallest absolute Gasteiger partial charge is 0.339 e. The first-order valence-electron chi connectivity index (χ1n) is 12.2. The lowest BCUT2D eigenvalue weighted by atomic mass is 10.1. The Hall–Kier alpha value is -3.52. The number of esters is 1. The molecule has 0 atom stereocenters. The molecule has 0 unspecified atom stereocenters. The van der Waals surface area contributed by atoms with Crippen LogP contribution in [0.25, 0.3) is 0 Å². The van der Waals surface area contributed by atoms with Gasteiger partial charge in [0.1, 0.15) is 19.8 Å². The van der Waals surface area contributed by atoms with Crippen LogP contribution < -0.4 is 14.2 Å². The fraction of sp³-hybridized carbons (Fsp3) is 0.194. The monoisotopic (exact) mass is 608 g/mol. The van der Waals surface area contributed by atoms with Gasteiger partial charge in [0.05, 0.1) is 15.7 Å². The largest absolute Gasteiger partial charge is 0.485 e. The van der Waals surface area contributed by atoms with Gasteiger partial charge in [-0.3, -0.25) is 0 Å². The molecule has 0 saturated carbocycles. The number of halogens is 1. The molecule has 4 aromatic rings. The van der Waals surface area contributed by atoms with Crippen LogP contribution in [-0.2, 0) is 24.6 Å². The van der Waals surface area contributed by atoms with Crippen LogP contribution in [-0.4, -0.2) is 12.6 Å². The molecule has 0 spiro atoms. The van der Waals surface area contributed by atoms with Gasteiger partial charge in [0.25, 0.3) is 0 Å². The van der Waals surface area contributed by atoms with Crippen LogP contribution >= 0.6 is 22.6 Å². The summed E-state index contributed by atoms with van der Waals surface area (Å²) in [6.45, 7) is 3.23. The standard InChI is InChI=1S/C31H29IO5/c1-2-18-34-31(33)26-19-27(35-20-23-12-6-3-7-13-23)29(36-21-24-14-8-4-9-15-24)30(28(26)32)37-22-25-16-10-5-11-17-25/h3-17,19H,2,18,20-22H2,1H3. The highest BCUT2D eigenvalue weighted by molar-refractivity contribution is 14.1. The second kappa shape index (κ2) is 13.7. The molecule has 6 heteroatoms. The number of carbonyl (C=O) groups is 1. The van der Waals surface area contributed by atoms with Crippen LogP contribution in [0.5, 0.6) is 17.2 Å². The van der Waals surface area contributed by atoms with E-state index in [-0.39, 0.29) is 0 Å². The minimum Gasteiger partial charge on any atom is -0.485 e.